The van der Waals surface area contributed by atoms with E-state index in [-0.39, 0.29) is 0 Å². The zero-order valence-corrected chi connectivity index (χ0v) is 13.0. The Bertz CT molecular complexity index is 118. The Labute approximate surface area is 109 Å². The van der Waals surface area contributed by atoms with Crippen molar-refractivity contribution in [1.29, 1.82) is 0 Å². The van der Waals surface area contributed by atoms with Crippen LogP contribution in [-0.4, -0.2) is 37.5 Å². The topological polar surface area (TPSA) is 27.7 Å². The van der Waals surface area contributed by atoms with Gasteiger partial charge in [0.05, 0.1) is 0 Å². The molecule has 0 saturated carbocycles. The molecule has 0 aromatic heterocycles. The molecule has 0 heterocycles. The molecule has 0 aliphatic rings. The van der Waals surface area contributed by atoms with Gasteiger partial charge in [-0.05, 0) is 0 Å². The molecule has 0 fully saturated rings. The van der Waals surface area contributed by atoms with Crippen LogP contribution < -0.4 is 0 Å². The van der Waals surface area contributed by atoms with Crippen LogP contribution in [0, 0.1) is 0 Å². The van der Waals surface area contributed by atoms with Crippen molar-refractivity contribution < 1.29 is 28.8 Å². The van der Waals surface area contributed by atoms with Crippen molar-refractivity contribution in [3.63, 3.8) is 0 Å². The zero-order valence-electron chi connectivity index (χ0n) is 7.48. The summed E-state index contributed by atoms with van der Waals surface area (Å²) in [6, 6.07) is 0. The molecule has 0 unspecified atom stereocenters. The molecular formula is C6H12Cl4O3Zr. The van der Waals surface area contributed by atoms with E-state index in [1.54, 1.807) is 0 Å². The molecule has 0 amide bonds. The van der Waals surface area contributed by atoms with Gasteiger partial charge in [0.25, 0.3) is 0 Å². The summed E-state index contributed by atoms with van der Waals surface area (Å²) in [6.07, 6.45) is 0. The Balaban J connectivity index is 3.89. The van der Waals surface area contributed by atoms with E-state index < -0.39 is 20.4 Å². The quantitative estimate of drug-likeness (QED) is 0.589. The van der Waals surface area contributed by atoms with Gasteiger partial charge < -0.3 is 0 Å². The average molecular weight is 365 g/mol. The van der Waals surface area contributed by atoms with Gasteiger partial charge in [-0.1, -0.05) is 0 Å². The molecular weight excluding hydrogens is 353 g/mol. The number of alkyl halides is 3. The second-order valence-electron chi connectivity index (χ2n) is 2.09. The molecule has 0 N–H and O–H groups in total. The zero-order chi connectivity index (χ0) is 10.9. The maximum atomic E-state index is 6.04. The van der Waals surface area contributed by atoms with Crippen LogP contribution in [0.15, 0.2) is 0 Å². The molecule has 8 heteroatoms. The van der Waals surface area contributed by atoms with Gasteiger partial charge in [-0.3, -0.25) is 0 Å². The van der Waals surface area contributed by atoms with Crippen molar-refractivity contribution in [2.75, 3.05) is 37.5 Å². The van der Waals surface area contributed by atoms with Gasteiger partial charge in [-0.15, -0.1) is 0 Å². The summed E-state index contributed by atoms with van der Waals surface area (Å²) in [5.41, 5.74) is 0. The van der Waals surface area contributed by atoms with Crippen LogP contribution in [-0.2, 0) is 28.8 Å². The maximum absolute atomic E-state index is 6.04. The van der Waals surface area contributed by atoms with Crippen LogP contribution in [0.2, 0.25) is 0 Å². The Kier molecular flexibility index (Phi) is 11.5. The van der Waals surface area contributed by atoms with Gasteiger partial charge in [0.15, 0.2) is 0 Å². The average Bonchev–Trinajstić information content (AvgIpc) is 2.21. The summed E-state index contributed by atoms with van der Waals surface area (Å²) >= 11 is 12.5. The normalized spacial score (nSPS) is 12.0. The molecule has 0 radical (unpaired) electrons. The van der Waals surface area contributed by atoms with E-state index >= 15 is 0 Å². The third kappa shape index (κ3) is 8.12. The van der Waals surface area contributed by atoms with Gasteiger partial charge in [0.2, 0.25) is 0 Å². The first-order chi connectivity index (χ1) is 6.68. The fourth-order valence-electron chi connectivity index (χ4n) is 0.606. The van der Waals surface area contributed by atoms with E-state index in [0.29, 0.717) is 37.5 Å². The molecule has 0 atom stereocenters. The minimum atomic E-state index is -3.84. The SMILES string of the molecule is ClCC[O][Zr]([Cl])([O]CCCl)[O]CCCl. The molecule has 14 heavy (non-hydrogen) atoms. The summed E-state index contributed by atoms with van der Waals surface area (Å²) in [6.45, 7) is 0.934. The van der Waals surface area contributed by atoms with Crippen LogP contribution >= 0.6 is 43.3 Å². The van der Waals surface area contributed by atoms with Gasteiger partial charge in [-0.25, -0.2) is 0 Å². The second-order valence-corrected chi connectivity index (χ2v) is 10.5. The second kappa shape index (κ2) is 10.1. The predicted molar refractivity (Wildman–Crippen MR) is 55.9 cm³/mol. The van der Waals surface area contributed by atoms with E-state index in [1.165, 1.54) is 0 Å². The van der Waals surface area contributed by atoms with Crippen molar-refractivity contribution in [3.8, 4) is 0 Å². The first-order valence-corrected chi connectivity index (χ1v) is 11.7. The van der Waals surface area contributed by atoms with Crippen LogP contribution in [0.4, 0.5) is 0 Å². The number of hydrogen-bond donors (Lipinski definition) is 0. The van der Waals surface area contributed by atoms with Gasteiger partial charge in [0.1, 0.15) is 0 Å². The van der Waals surface area contributed by atoms with E-state index in [2.05, 4.69) is 0 Å². The number of hydrogen-bond acceptors (Lipinski definition) is 3. The molecule has 0 saturated heterocycles. The third-order valence-electron chi connectivity index (χ3n) is 1.05. The standard InChI is InChI=1S/3C2H4ClO.ClH.Zr/c3*3-1-2-4;;/h3*1-2H2;1H;/q3*-1;;+4/p-1. The van der Waals surface area contributed by atoms with E-state index in [1.807, 2.05) is 0 Å². The Hall–Kier alpha value is 1.92. The van der Waals surface area contributed by atoms with Crippen LogP contribution in [0.25, 0.3) is 0 Å². The minimum absolute atomic E-state index is 0.311. The van der Waals surface area contributed by atoms with Crippen molar-refractivity contribution in [2.24, 2.45) is 0 Å². The van der Waals surface area contributed by atoms with Crippen LogP contribution in [0.1, 0.15) is 0 Å². The summed E-state index contributed by atoms with van der Waals surface area (Å²) in [4.78, 5) is 0. The Morgan fingerprint density at radius 3 is 1.21 bits per heavy atom. The summed E-state index contributed by atoms with van der Waals surface area (Å²) in [7, 11) is 6.04. The van der Waals surface area contributed by atoms with Crippen molar-refractivity contribution >= 4 is 43.3 Å². The van der Waals surface area contributed by atoms with Gasteiger partial charge in [-0.2, -0.15) is 0 Å². The Morgan fingerprint density at radius 2 is 1.00 bits per heavy atom. The molecule has 0 aromatic rings. The molecule has 0 spiro atoms. The van der Waals surface area contributed by atoms with E-state index in [9.17, 15) is 0 Å². The first-order valence-electron chi connectivity index (χ1n) is 3.97. The van der Waals surface area contributed by atoms with Gasteiger partial charge >= 0.3 is 110 Å². The first kappa shape index (κ1) is 15.9. The molecule has 0 aliphatic carbocycles. The molecule has 0 bridgehead atoms. The van der Waals surface area contributed by atoms with Crippen molar-refractivity contribution in [2.45, 2.75) is 0 Å². The molecule has 0 aliphatic heterocycles. The molecule has 3 nitrogen and oxygen atoms in total. The fourth-order valence-corrected chi connectivity index (χ4v) is 6.33. The molecule has 86 valence electrons. The van der Waals surface area contributed by atoms with E-state index in [4.69, 9.17) is 51.8 Å². The summed E-state index contributed by atoms with van der Waals surface area (Å²) < 4.78 is 15.8. The Morgan fingerprint density at radius 1 is 0.714 bits per heavy atom. The van der Waals surface area contributed by atoms with Crippen molar-refractivity contribution in [3.05, 3.63) is 0 Å². The molecule has 0 aromatic carbocycles. The van der Waals surface area contributed by atoms with Crippen molar-refractivity contribution in [1.82, 2.24) is 0 Å². The van der Waals surface area contributed by atoms with Crippen LogP contribution in [0.3, 0.4) is 0 Å². The number of halogens is 4. The van der Waals surface area contributed by atoms with E-state index in [0.717, 1.165) is 0 Å². The molecule has 0 rings (SSSR count). The number of rotatable bonds is 9. The van der Waals surface area contributed by atoms with Gasteiger partial charge in [0, 0.05) is 0 Å². The summed E-state index contributed by atoms with van der Waals surface area (Å²) in [5.74, 6) is 1.04. The van der Waals surface area contributed by atoms with Crippen LogP contribution in [0.5, 0.6) is 0 Å². The fraction of sp³-hybridized carbons (Fsp3) is 1.00. The predicted octanol–water partition coefficient (Wildman–Crippen LogP) is 2.81. The summed E-state index contributed by atoms with van der Waals surface area (Å²) in [5, 5.41) is 0. The monoisotopic (exact) mass is 362 g/mol. The third-order valence-corrected chi connectivity index (χ3v) is 7.50.